The summed E-state index contributed by atoms with van der Waals surface area (Å²) in [6.07, 6.45) is 4.33. The number of aromatic amines is 1. The molecule has 0 radical (unpaired) electrons. The van der Waals surface area contributed by atoms with Crippen LogP contribution in [0.4, 0.5) is 4.39 Å². The van der Waals surface area contributed by atoms with Gasteiger partial charge in [0.25, 0.3) is 0 Å². The smallest absolute Gasteiger partial charge is 0.165 e. The van der Waals surface area contributed by atoms with Crippen molar-refractivity contribution in [2.75, 3.05) is 6.61 Å². The van der Waals surface area contributed by atoms with Gasteiger partial charge in [0.05, 0.1) is 18.6 Å². The fourth-order valence-electron chi connectivity index (χ4n) is 2.16. The predicted octanol–water partition coefficient (Wildman–Crippen LogP) is 2.46. The number of imidazole rings is 1. The SMILES string of the molecule is Fc1cccc2c1OCCC2c1c[nH]cn1. The van der Waals surface area contributed by atoms with E-state index in [0.29, 0.717) is 12.4 Å². The summed E-state index contributed by atoms with van der Waals surface area (Å²) in [5, 5.41) is 0. The van der Waals surface area contributed by atoms with Crippen LogP contribution in [0.2, 0.25) is 0 Å². The molecule has 0 saturated carbocycles. The molecule has 1 N–H and O–H groups in total. The fourth-order valence-corrected chi connectivity index (χ4v) is 2.16. The van der Waals surface area contributed by atoms with Crippen LogP contribution in [0, 0.1) is 5.82 Å². The minimum Gasteiger partial charge on any atom is -0.490 e. The first-order chi connectivity index (χ1) is 7.86. The minimum atomic E-state index is -0.294. The van der Waals surface area contributed by atoms with E-state index in [1.807, 2.05) is 12.3 Å². The Morgan fingerprint density at radius 1 is 1.44 bits per heavy atom. The van der Waals surface area contributed by atoms with E-state index in [-0.39, 0.29) is 11.7 Å². The largest absolute Gasteiger partial charge is 0.490 e. The van der Waals surface area contributed by atoms with Crippen LogP contribution in [0.1, 0.15) is 23.6 Å². The Labute approximate surface area is 92.3 Å². The van der Waals surface area contributed by atoms with Gasteiger partial charge in [0.2, 0.25) is 0 Å². The van der Waals surface area contributed by atoms with Gasteiger partial charge in [0.15, 0.2) is 11.6 Å². The average Bonchev–Trinajstić information content (AvgIpc) is 2.82. The molecule has 1 aliphatic rings. The number of hydrogen-bond donors (Lipinski definition) is 1. The van der Waals surface area contributed by atoms with Crippen LogP contribution in [0.15, 0.2) is 30.7 Å². The van der Waals surface area contributed by atoms with E-state index in [2.05, 4.69) is 9.97 Å². The first kappa shape index (κ1) is 9.39. The van der Waals surface area contributed by atoms with Crippen LogP contribution < -0.4 is 4.74 Å². The highest BCUT2D eigenvalue weighted by atomic mass is 19.1. The normalized spacial score (nSPS) is 18.9. The van der Waals surface area contributed by atoms with Crippen LogP contribution in [-0.2, 0) is 0 Å². The van der Waals surface area contributed by atoms with Crippen LogP contribution in [0.25, 0.3) is 0 Å². The second-order valence-electron chi connectivity index (χ2n) is 3.84. The third-order valence-corrected chi connectivity index (χ3v) is 2.90. The summed E-state index contributed by atoms with van der Waals surface area (Å²) in [6, 6.07) is 5.03. The van der Waals surface area contributed by atoms with Crippen LogP contribution >= 0.6 is 0 Å². The maximum atomic E-state index is 13.5. The van der Waals surface area contributed by atoms with Gasteiger partial charge in [-0.3, -0.25) is 0 Å². The fraction of sp³-hybridized carbons (Fsp3) is 0.250. The molecular formula is C12H11FN2O. The maximum absolute atomic E-state index is 13.5. The van der Waals surface area contributed by atoms with E-state index in [9.17, 15) is 4.39 Å². The molecule has 0 fully saturated rings. The summed E-state index contributed by atoms with van der Waals surface area (Å²) in [5.41, 5.74) is 1.83. The number of benzene rings is 1. The summed E-state index contributed by atoms with van der Waals surface area (Å²) in [7, 11) is 0. The number of H-pyrrole nitrogens is 1. The summed E-state index contributed by atoms with van der Waals surface area (Å²) < 4.78 is 18.9. The van der Waals surface area contributed by atoms with Gasteiger partial charge in [0, 0.05) is 17.7 Å². The molecule has 0 saturated heterocycles. The van der Waals surface area contributed by atoms with E-state index in [0.717, 1.165) is 17.7 Å². The highest BCUT2D eigenvalue weighted by Gasteiger charge is 2.26. The Hall–Kier alpha value is -1.84. The molecule has 0 aliphatic carbocycles. The Morgan fingerprint density at radius 3 is 3.19 bits per heavy atom. The van der Waals surface area contributed by atoms with Gasteiger partial charge < -0.3 is 9.72 Å². The molecule has 82 valence electrons. The van der Waals surface area contributed by atoms with Crippen LogP contribution in [-0.4, -0.2) is 16.6 Å². The highest BCUT2D eigenvalue weighted by molar-refractivity contribution is 5.42. The predicted molar refractivity (Wildman–Crippen MR) is 56.9 cm³/mol. The third kappa shape index (κ3) is 1.38. The second-order valence-corrected chi connectivity index (χ2v) is 3.84. The Bertz CT molecular complexity index is 496. The van der Waals surface area contributed by atoms with Crippen molar-refractivity contribution >= 4 is 0 Å². The molecule has 3 nitrogen and oxygen atoms in total. The molecule has 0 spiro atoms. The molecule has 2 heterocycles. The van der Waals surface area contributed by atoms with Gasteiger partial charge in [-0.25, -0.2) is 9.37 Å². The summed E-state index contributed by atoms with van der Waals surface area (Å²) in [5.74, 6) is 0.213. The Morgan fingerprint density at radius 2 is 2.38 bits per heavy atom. The summed E-state index contributed by atoms with van der Waals surface area (Å²) in [4.78, 5) is 7.16. The zero-order chi connectivity index (χ0) is 11.0. The second kappa shape index (κ2) is 3.63. The number of hydrogen-bond acceptors (Lipinski definition) is 2. The number of ether oxygens (including phenoxy) is 1. The maximum Gasteiger partial charge on any atom is 0.165 e. The van der Waals surface area contributed by atoms with Crippen molar-refractivity contribution < 1.29 is 9.13 Å². The van der Waals surface area contributed by atoms with Crippen molar-refractivity contribution in [3.63, 3.8) is 0 Å². The molecule has 4 heteroatoms. The van der Waals surface area contributed by atoms with Gasteiger partial charge in [-0.2, -0.15) is 0 Å². The lowest BCUT2D eigenvalue weighted by atomic mass is 9.90. The van der Waals surface area contributed by atoms with Crippen molar-refractivity contribution in [1.82, 2.24) is 9.97 Å². The zero-order valence-electron chi connectivity index (χ0n) is 8.61. The molecule has 1 unspecified atom stereocenters. The van der Waals surface area contributed by atoms with Crippen LogP contribution in [0.5, 0.6) is 5.75 Å². The lowest BCUT2D eigenvalue weighted by Gasteiger charge is -2.24. The zero-order valence-corrected chi connectivity index (χ0v) is 8.61. The van der Waals surface area contributed by atoms with Gasteiger partial charge in [-0.05, 0) is 12.5 Å². The van der Waals surface area contributed by atoms with Crippen molar-refractivity contribution in [3.05, 3.63) is 47.8 Å². The third-order valence-electron chi connectivity index (χ3n) is 2.90. The summed E-state index contributed by atoms with van der Waals surface area (Å²) in [6.45, 7) is 0.533. The first-order valence-electron chi connectivity index (χ1n) is 5.26. The minimum absolute atomic E-state index is 0.130. The van der Waals surface area contributed by atoms with Crippen LogP contribution in [0.3, 0.4) is 0 Å². The lowest BCUT2D eigenvalue weighted by Crippen LogP contribution is -2.16. The van der Waals surface area contributed by atoms with Crippen molar-refractivity contribution in [2.24, 2.45) is 0 Å². The molecule has 1 aliphatic heterocycles. The van der Waals surface area contributed by atoms with Crippen molar-refractivity contribution in [3.8, 4) is 5.75 Å². The number of nitrogens with one attached hydrogen (secondary N) is 1. The van der Waals surface area contributed by atoms with E-state index in [4.69, 9.17) is 4.74 Å². The molecule has 1 aromatic carbocycles. The molecule has 0 amide bonds. The highest BCUT2D eigenvalue weighted by Crippen LogP contribution is 2.38. The van der Waals surface area contributed by atoms with Crippen molar-refractivity contribution in [1.29, 1.82) is 0 Å². The molecule has 16 heavy (non-hydrogen) atoms. The van der Waals surface area contributed by atoms with Crippen molar-refractivity contribution in [2.45, 2.75) is 12.3 Å². The monoisotopic (exact) mass is 218 g/mol. The van der Waals surface area contributed by atoms with Gasteiger partial charge in [-0.1, -0.05) is 12.1 Å². The van der Waals surface area contributed by atoms with E-state index in [1.165, 1.54) is 6.07 Å². The molecular weight excluding hydrogens is 207 g/mol. The quantitative estimate of drug-likeness (QED) is 0.798. The summed E-state index contributed by atoms with van der Waals surface area (Å²) >= 11 is 0. The molecule has 2 aromatic rings. The number of fused-ring (bicyclic) bond motifs is 1. The molecule has 3 rings (SSSR count). The lowest BCUT2D eigenvalue weighted by molar-refractivity contribution is 0.262. The molecule has 1 atom stereocenters. The number of para-hydroxylation sites is 1. The van der Waals surface area contributed by atoms with Gasteiger partial charge >= 0.3 is 0 Å². The number of nitrogens with zero attached hydrogens (tertiary/aromatic N) is 1. The number of halogens is 1. The van der Waals surface area contributed by atoms with Gasteiger partial charge in [0.1, 0.15) is 0 Å². The topological polar surface area (TPSA) is 37.9 Å². The molecule has 1 aromatic heterocycles. The Kier molecular flexibility index (Phi) is 2.13. The van der Waals surface area contributed by atoms with E-state index >= 15 is 0 Å². The first-order valence-corrected chi connectivity index (χ1v) is 5.26. The number of aromatic nitrogens is 2. The Balaban J connectivity index is 2.10. The average molecular weight is 218 g/mol. The van der Waals surface area contributed by atoms with E-state index < -0.39 is 0 Å². The van der Waals surface area contributed by atoms with Gasteiger partial charge in [-0.15, -0.1) is 0 Å². The molecule has 0 bridgehead atoms. The van der Waals surface area contributed by atoms with E-state index in [1.54, 1.807) is 12.4 Å². The standard InChI is InChI=1S/C12H11FN2O/c13-10-3-1-2-9-8(4-5-16-12(9)10)11-6-14-7-15-11/h1-3,6-8H,4-5H2,(H,14,15). The number of rotatable bonds is 1.